The van der Waals surface area contributed by atoms with Gasteiger partial charge in [0.1, 0.15) is 6.33 Å². The van der Waals surface area contributed by atoms with Gasteiger partial charge < -0.3 is 5.32 Å². The molecule has 0 bridgehead atoms. The fraction of sp³-hybridized carbons (Fsp3) is 0.250. The molecule has 2 aromatic carbocycles. The lowest BCUT2D eigenvalue weighted by atomic mass is 10.1. The van der Waals surface area contributed by atoms with Gasteiger partial charge in [0.15, 0.2) is 5.16 Å². The number of hydrogen-bond donors (Lipinski definition) is 1. The Balaban J connectivity index is 1.59. The van der Waals surface area contributed by atoms with Gasteiger partial charge in [0.25, 0.3) is 0 Å². The summed E-state index contributed by atoms with van der Waals surface area (Å²) in [4.78, 5) is 12.3. The van der Waals surface area contributed by atoms with Crippen LogP contribution in [0.5, 0.6) is 0 Å². The zero-order valence-corrected chi connectivity index (χ0v) is 16.0. The van der Waals surface area contributed by atoms with E-state index in [1.807, 2.05) is 61.7 Å². The van der Waals surface area contributed by atoms with Crippen LogP contribution in [0.25, 0.3) is 5.69 Å². The summed E-state index contributed by atoms with van der Waals surface area (Å²) in [7, 11) is 0. The summed E-state index contributed by atoms with van der Waals surface area (Å²) in [6.07, 6.45) is 1.67. The molecule has 1 unspecified atom stereocenters. The lowest BCUT2D eigenvalue weighted by Crippen LogP contribution is -2.28. The number of nitrogens with one attached hydrogen (secondary N) is 1. The van der Waals surface area contributed by atoms with Gasteiger partial charge in [0.05, 0.1) is 11.8 Å². The second-order valence-electron chi connectivity index (χ2n) is 6.31. The highest BCUT2D eigenvalue weighted by Crippen LogP contribution is 2.20. The standard InChI is InChI=1S/C20H22N4OS/c1-14-4-8-17(9-5-14)16(3)22-19(25)12-26-20-23-21-13-24(20)18-10-6-15(2)7-11-18/h4-11,13,16H,12H2,1-3H3,(H,22,25). The van der Waals surface area contributed by atoms with E-state index in [0.717, 1.165) is 11.3 Å². The molecule has 1 aromatic heterocycles. The van der Waals surface area contributed by atoms with E-state index in [4.69, 9.17) is 0 Å². The van der Waals surface area contributed by atoms with Gasteiger partial charge >= 0.3 is 0 Å². The molecular formula is C20H22N4OS. The zero-order chi connectivity index (χ0) is 18.5. The molecule has 134 valence electrons. The molecule has 3 rings (SSSR count). The van der Waals surface area contributed by atoms with Crippen LogP contribution in [0.1, 0.15) is 29.7 Å². The van der Waals surface area contributed by atoms with Crippen LogP contribution in [0.4, 0.5) is 0 Å². The smallest absolute Gasteiger partial charge is 0.230 e. The number of amides is 1. The van der Waals surface area contributed by atoms with Crippen molar-refractivity contribution >= 4 is 17.7 Å². The monoisotopic (exact) mass is 366 g/mol. The van der Waals surface area contributed by atoms with E-state index in [2.05, 4.69) is 27.6 Å². The van der Waals surface area contributed by atoms with E-state index < -0.39 is 0 Å². The lowest BCUT2D eigenvalue weighted by Gasteiger charge is -2.14. The first-order chi connectivity index (χ1) is 12.5. The zero-order valence-electron chi connectivity index (χ0n) is 15.1. The van der Waals surface area contributed by atoms with E-state index >= 15 is 0 Å². The van der Waals surface area contributed by atoms with E-state index in [-0.39, 0.29) is 11.9 Å². The summed E-state index contributed by atoms with van der Waals surface area (Å²) in [6.45, 7) is 6.08. The van der Waals surface area contributed by atoms with Crippen molar-refractivity contribution in [1.82, 2.24) is 20.1 Å². The Bertz CT molecular complexity index is 872. The van der Waals surface area contributed by atoms with Crippen LogP contribution in [-0.2, 0) is 4.79 Å². The molecule has 5 nitrogen and oxygen atoms in total. The average Bonchev–Trinajstić information content (AvgIpc) is 3.09. The number of nitrogens with zero attached hydrogens (tertiary/aromatic N) is 3. The topological polar surface area (TPSA) is 59.8 Å². The van der Waals surface area contributed by atoms with Crippen LogP contribution in [-0.4, -0.2) is 26.4 Å². The highest BCUT2D eigenvalue weighted by Gasteiger charge is 2.13. The number of aromatic nitrogens is 3. The number of hydrogen-bond acceptors (Lipinski definition) is 4. The third-order valence-electron chi connectivity index (χ3n) is 4.12. The van der Waals surface area contributed by atoms with Crippen molar-refractivity contribution in [2.24, 2.45) is 0 Å². The molecule has 0 aliphatic rings. The van der Waals surface area contributed by atoms with Gasteiger partial charge in [-0.3, -0.25) is 9.36 Å². The number of aryl methyl sites for hydroxylation is 2. The minimum Gasteiger partial charge on any atom is -0.349 e. The van der Waals surface area contributed by atoms with E-state index in [1.54, 1.807) is 6.33 Å². The summed E-state index contributed by atoms with van der Waals surface area (Å²) in [5.41, 5.74) is 4.48. The van der Waals surface area contributed by atoms with Crippen LogP contribution in [0, 0.1) is 13.8 Å². The maximum absolute atomic E-state index is 12.3. The third kappa shape index (κ3) is 4.52. The van der Waals surface area contributed by atoms with Gasteiger partial charge in [0, 0.05) is 5.69 Å². The van der Waals surface area contributed by atoms with Crippen LogP contribution >= 0.6 is 11.8 Å². The minimum absolute atomic E-state index is 0.0264. The van der Waals surface area contributed by atoms with Gasteiger partial charge in [-0.15, -0.1) is 10.2 Å². The lowest BCUT2D eigenvalue weighted by molar-refractivity contribution is -0.119. The largest absolute Gasteiger partial charge is 0.349 e. The average molecular weight is 366 g/mol. The fourth-order valence-corrected chi connectivity index (χ4v) is 3.30. The predicted molar refractivity (Wildman–Crippen MR) is 105 cm³/mol. The minimum atomic E-state index is -0.0290. The first-order valence-corrected chi connectivity index (χ1v) is 9.47. The van der Waals surface area contributed by atoms with Crippen molar-refractivity contribution in [1.29, 1.82) is 0 Å². The number of carbonyl (C=O) groups excluding carboxylic acids is 1. The summed E-state index contributed by atoms with van der Waals surface area (Å²) in [6, 6.07) is 16.3. The van der Waals surface area contributed by atoms with Crippen molar-refractivity contribution in [2.45, 2.75) is 32.0 Å². The molecule has 0 radical (unpaired) electrons. The maximum atomic E-state index is 12.3. The van der Waals surface area contributed by atoms with Gasteiger partial charge in [-0.1, -0.05) is 59.3 Å². The van der Waals surface area contributed by atoms with Gasteiger partial charge in [-0.25, -0.2) is 0 Å². The van der Waals surface area contributed by atoms with Crippen molar-refractivity contribution in [3.05, 3.63) is 71.5 Å². The summed E-state index contributed by atoms with van der Waals surface area (Å²) in [5.74, 6) is 0.266. The molecule has 3 aromatic rings. The molecule has 26 heavy (non-hydrogen) atoms. The number of rotatable bonds is 6. The molecule has 1 heterocycles. The van der Waals surface area contributed by atoms with Crippen LogP contribution in [0.15, 0.2) is 60.0 Å². The molecule has 0 saturated carbocycles. The molecular weight excluding hydrogens is 344 g/mol. The molecule has 1 atom stereocenters. The summed E-state index contributed by atoms with van der Waals surface area (Å²) >= 11 is 1.38. The van der Waals surface area contributed by atoms with Crippen LogP contribution < -0.4 is 5.32 Å². The second-order valence-corrected chi connectivity index (χ2v) is 7.25. The van der Waals surface area contributed by atoms with Gasteiger partial charge in [-0.05, 0) is 38.5 Å². The first kappa shape index (κ1) is 18.2. The third-order valence-corrected chi connectivity index (χ3v) is 5.06. The highest BCUT2D eigenvalue weighted by atomic mass is 32.2. The van der Waals surface area contributed by atoms with E-state index in [1.165, 1.54) is 22.9 Å². The maximum Gasteiger partial charge on any atom is 0.230 e. The van der Waals surface area contributed by atoms with Crippen molar-refractivity contribution < 1.29 is 4.79 Å². The summed E-state index contributed by atoms with van der Waals surface area (Å²) < 4.78 is 1.89. The highest BCUT2D eigenvalue weighted by molar-refractivity contribution is 7.99. The van der Waals surface area contributed by atoms with Crippen molar-refractivity contribution in [2.75, 3.05) is 5.75 Å². The van der Waals surface area contributed by atoms with Gasteiger partial charge in [-0.2, -0.15) is 0 Å². The molecule has 0 aliphatic carbocycles. The second kappa shape index (κ2) is 8.19. The predicted octanol–water partition coefficient (Wildman–Crippen LogP) is 3.85. The fourth-order valence-electron chi connectivity index (χ4n) is 2.56. The van der Waals surface area contributed by atoms with Gasteiger partial charge in [0.2, 0.25) is 5.91 Å². The quantitative estimate of drug-likeness (QED) is 0.673. The van der Waals surface area contributed by atoms with Crippen molar-refractivity contribution in [3.63, 3.8) is 0 Å². The molecule has 0 spiro atoms. The van der Waals surface area contributed by atoms with Crippen LogP contribution in [0.2, 0.25) is 0 Å². The summed E-state index contributed by atoms with van der Waals surface area (Å²) in [5, 5.41) is 11.8. The number of carbonyl (C=O) groups is 1. The van der Waals surface area contributed by atoms with E-state index in [0.29, 0.717) is 10.9 Å². The molecule has 0 aliphatic heterocycles. The molecule has 1 N–H and O–H groups in total. The molecule has 1 amide bonds. The van der Waals surface area contributed by atoms with E-state index in [9.17, 15) is 4.79 Å². The number of benzene rings is 2. The van der Waals surface area contributed by atoms with Crippen LogP contribution in [0.3, 0.4) is 0 Å². The van der Waals surface area contributed by atoms with Crippen molar-refractivity contribution in [3.8, 4) is 5.69 Å². The Kier molecular flexibility index (Phi) is 5.73. The Morgan fingerprint density at radius 1 is 1.08 bits per heavy atom. The Morgan fingerprint density at radius 3 is 2.35 bits per heavy atom. The Morgan fingerprint density at radius 2 is 1.69 bits per heavy atom. The molecule has 0 fully saturated rings. The molecule has 6 heteroatoms. The Hall–Kier alpha value is -2.60. The normalized spacial score (nSPS) is 12.0. The first-order valence-electron chi connectivity index (χ1n) is 8.49. The SMILES string of the molecule is Cc1ccc(C(C)NC(=O)CSc2nncn2-c2ccc(C)cc2)cc1. The Labute approximate surface area is 157 Å². The molecule has 0 saturated heterocycles. The number of thioether (sulfide) groups is 1.